The van der Waals surface area contributed by atoms with E-state index >= 15 is 0 Å². The predicted octanol–water partition coefficient (Wildman–Crippen LogP) is 3.70. The molecule has 3 nitrogen and oxygen atoms in total. The van der Waals surface area contributed by atoms with Crippen LogP contribution in [-0.4, -0.2) is 42.7 Å². The van der Waals surface area contributed by atoms with Crippen LogP contribution in [0.2, 0.25) is 0 Å². The van der Waals surface area contributed by atoms with E-state index < -0.39 is 17.8 Å². The molecule has 0 saturated carbocycles. The molecule has 0 radical (unpaired) electrons. The Morgan fingerprint density at radius 1 is 0.962 bits per heavy atom. The minimum absolute atomic E-state index is 0.351. The fraction of sp³-hybridized carbons (Fsp3) is 0.368. The minimum atomic E-state index is -4.35. The van der Waals surface area contributed by atoms with Crippen molar-refractivity contribution in [3.63, 3.8) is 0 Å². The van der Waals surface area contributed by atoms with Gasteiger partial charge in [0.1, 0.15) is 5.82 Å². The van der Waals surface area contributed by atoms with Crippen LogP contribution in [0.4, 0.5) is 23.2 Å². The third-order valence-corrected chi connectivity index (χ3v) is 4.60. The molecule has 1 saturated heterocycles. The summed E-state index contributed by atoms with van der Waals surface area (Å²) in [4.78, 5) is 3.97. The van der Waals surface area contributed by atoms with Crippen LogP contribution < -0.4 is 4.90 Å². The van der Waals surface area contributed by atoms with Crippen molar-refractivity contribution in [1.82, 2.24) is 4.90 Å². The molecule has 1 unspecified atom stereocenters. The van der Waals surface area contributed by atoms with E-state index in [1.165, 1.54) is 24.3 Å². The van der Waals surface area contributed by atoms with Crippen molar-refractivity contribution >= 4 is 5.69 Å². The summed E-state index contributed by atoms with van der Waals surface area (Å²) in [7, 11) is 0. The molecule has 1 heterocycles. The van der Waals surface area contributed by atoms with E-state index in [0.29, 0.717) is 44.0 Å². The van der Waals surface area contributed by atoms with Crippen LogP contribution in [0.5, 0.6) is 0 Å². The van der Waals surface area contributed by atoms with Gasteiger partial charge in [-0.2, -0.15) is 13.2 Å². The Bertz CT molecular complexity index is 725. The number of alkyl halides is 3. The third kappa shape index (κ3) is 4.53. The molecule has 0 spiro atoms. The molecule has 2 aromatic carbocycles. The van der Waals surface area contributed by atoms with Gasteiger partial charge in [-0.3, -0.25) is 4.90 Å². The zero-order valence-electron chi connectivity index (χ0n) is 14.1. The Labute approximate surface area is 149 Å². The lowest BCUT2D eigenvalue weighted by Gasteiger charge is -2.37. The van der Waals surface area contributed by atoms with E-state index in [4.69, 9.17) is 0 Å². The van der Waals surface area contributed by atoms with E-state index in [0.717, 1.165) is 6.07 Å². The van der Waals surface area contributed by atoms with E-state index in [1.807, 2.05) is 4.90 Å². The van der Waals surface area contributed by atoms with Crippen molar-refractivity contribution in [3.8, 4) is 0 Å². The van der Waals surface area contributed by atoms with Gasteiger partial charge in [-0.15, -0.1) is 0 Å². The second kappa shape index (κ2) is 7.63. The number of aliphatic hydroxyl groups is 1. The minimum Gasteiger partial charge on any atom is -0.387 e. The summed E-state index contributed by atoms with van der Waals surface area (Å²) < 4.78 is 51.5. The maximum Gasteiger partial charge on any atom is 0.416 e. The highest BCUT2D eigenvalue weighted by atomic mass is 19.4. The maximum absolute atomic E-state index is 12.9. The van der Waals surface area contributed by atoms with Gasteiger partial charge in [-0.25, -0.2) is 4.39 Å². The summed E-state index contributed by atoms with van der Waals surface area (Å²) in [6.45, 7) is 2.83. The van der Waals surface area contributed by atoms with Crippen molar-refractivity contribution in [3.05, 3.63) is 65.5 Å². The molecule has 0 amide bonds. The van der Waals surface area contributed by atoms with E-state index in [-0.39, 0.29) is 5.82 Å². The highest BCUT2D eigenvalue weighted by Gasteiger charge is 2.31. The van der Waals surface area contributed by atoms with Crippen LogP contribution in [0, 0.1) is 5.82 Å². The van der Waals surface area contributed by atoms with Crippen molar-refractivity contribution in [2.75, 3.05) is 37.6 Å². The molecule has 1 aliphatic heterocycles. The molecule has 1 N–H and O–H groups in total. The first-order valence-corrected chi connectivity index (χ1v) is 8.41. The summed E-state index contributed by atoms with van der Waals surface area (Å²) in [5, 5.41) is 10.3. The molecule has 7 heteroatoms. The van der Waals surface area contributed by atoms with Crippen molar-refractivity contribution in [2.45, 2.75) is 12.3 Å². The summed E-state index contributed by atoms with van der Waals surface area (Å²) >= 11 is 0. The monoisotopic (exact) mass is 368 g/mol. The van der Waals surface area contributed by atoms with Gasteiger partial charge >= 0.3 is 6.18 Å². The highest BCUT2D eigenvalue weighted by molar-refractivity contribution is 5.49. The number of anilines is 1. The Morgan fingerprint density at radius 2 is 1.62 bits per heavy atom. The lowest BCUT2D eigenvalue weighted by atomic mass is 10.1. The molecular formula is C19H20F4N2O. The Hall–Kier alpha value is -2.12. The predicted molar refractivity (Wildman–Crippen MR) is 91.5 cm³/mol. The van der Waals surface area contributed by atoms with Gasteiger partial charge in [0.2, 0.25) is 0 Å². The molecule has 1 fully saturated rings. The first-order valence-electron chi connectivity index (χ1n) is 8.41. The largest absolute Gasteiger partial charge is 0.416 e. The van der Waals surface area contributed by atoms with Gasteiger partial charge in [0, 0.05) is 38.4 Å². The molecule has 2 aromatic rings. The number of hydrogen-bond acceptors (Lipinski definition) is 3. The van der Waals surface area contributed by atoms with Crippen molar-refractivity contribution in [2.24, 2.45) is 0 Å². The van der Waals surface area contributed by atoms with Crippen LogP contribution >= 0.6 is 0 Å². The van der Waals surface area contributed by atoms with Gasteiger partial charge in [0.05, 0.1) is 11.7 Å². The van der Waals surface area contributed by atoms with Crippen LogP contribution in [0.1, 0.15) is 17.2 Å². The Kier molecular flexibility index (Phi) is 5.48. The number of nitrogens with zero attached hydrogens (tertiary/aromatic N) is 2. The third-order valence-electron chi connectivity index (χ3n) is 4.60. The number of aliphatic hydroxyl groups excluding tert-OH is 1. The number of β-amino-alcohol motifs (C(OH)–C–C–N with tert-alkyl or cyclic N) is 1. The second-order valence-corrected chi connectivity index (χ2v) is 6.40. The molecule has 0 aromatic heterocycles. The number of hydrogen-bond donors (Lipinski definition) is 1. The standard InChI is InChI=1S/C19H20F4N2O/c20-16-6-4-14(5-7-16)18(26)13-24-8-10-25(11-9-24)17-3-1-2-15(12-17)19(21,22)23/h1-7,12,18,26H,8-11,13H2. The average molecular weight is 368 g/mol. The van der Waals surface area contributed by atoms with Gasteiger partial charge in [-0.05, 0) is 35.9 Å². The molecule has 3 rings (SSSR count). The smallest absolute Gasteiger partial charge is 0.387 e. The van der Waals surface area contributed by atoms with Crippen LogP contribution in [0.3, 0.4) is 0 Å². The van der Waals surface area contributed by atoms with Crippen molar-refractivity contribution < 1.29 is 22.7 Å². The molecule has 26 heavy (non-hydrogen) atoms. The number of rotatable bonds is 4. The first-order chi connectivity index (χ1) is 12.3. The van der Waals surface area contributed by atoms with E-state index in [9.17, 15) is 22.7 Å². The first kappa shape index (κ1) is 18.7. The average Bonchev–Trinajstić information content (AvgIpc) is 2.62. The lowest BCUT2D eigenvalue weighted by Crippen LogP contribution is -2.47. The fourth-order valence-electron chi connectivity index (χ4n) is 3.10. The normalized spacial score (nSPS) is 17.3. The topological polar surface area (TPSA) is 26.7 Å². The van der Waals surface area contributed by atoms with Crippen molar-refractivity contribution in [1.29, 1.82) is 0 Å². The summed E-state index contributed by atoms with van der Waals surface area (Å²) in [5.41, 5.74) is 0.550. The number of piperazine rings is 1. The summed E-state index contributed by atoms with van der Waals surface area (Å²) in [6.07, 6.45) is -5.08. The van der Waals surface area contributed by atoms with Gasteiger partial charge in [-0.1, -0.05) is 18.2 Å². The number of benzene rings is 2. The van der Waals surface area contributed by atoms with Gasteiger partial charge in [0.25, 0.3) is 0 Å². The fourth-order valence-corrected chi connectivity index (χ4v) is 3.10. The Morgan fingerprint density at radius 3 is 2.23 bits per heavy atom. The SMILES string of the molecule is OC(CN1CCN(c2cccc(C(F)(F)F)c2)CC1)c1ccc(F)cc1. The number of halogens is 4. The molecular weight excluding hydrogens is 348 g/mol. The molecule has 1 atom stereocenters. The van der Waals surface area contributed by atoms with Crippen LogP contribution in [0.25, 0.3) is 0 Å². The molecule has 1 aliphatic rings. The van der Waals surface area contributed by atoms with Gasteiger partial charge < -0.3 is 10.0 Å². The summed E-state index contributed by atoms with van der Waals surface area (Å²) in [6, 6.07) is 11.1. The maximum atomic E-state index is 12.9. The van der Waals surface area contributed by atoms with Crippen LogP contribution in [0.15, 0.2) is 48.5 Å². The van der Waals surface area contributed by atoms with E-state index in [2.05, 4.69) is 4.90 Å². The lowest BCUT2D eigenvalue weighted by molar-refractivity contribution is -0.137. The van der Waals surface area contributed by atoms with Crippen LogP contribution in [-0.2, 0) is 6.18 Å². The quantitative estimate of drug-likeness (QED) is 0.834. The molecule has 0 aliphatic carbocycles. The molecule has 140 valence electrons. The van der Waals surface area contributed by atoms with Gasteiger partial charge in [0.15, 0.2) is 0 Å². The highest BCUT2D eigenvalue weighted by Crippen LogP contribution is 2.32. The van der Waals surface area contributed by atoms with E-state index in [1.54, 1.807) is 18.2 Å². The second-order valence-electron chi connectivity index (χ2n) is 6.40. The summed E-state index contributed by atoms with van der Waals surface area (Å²) in [5.74, 6) is -0.351. The zero-order chi connectivity index (χ0) is 18.7. The zero-order valence-corrected chi connectivity index (χ0v) is 14.1. The molecule has 0 bridgehead atoms. The Balaban J connectivity index is 1.57.